The fourth-order valence-electron chi connectivity index (χ4n) is 5.77. The van der Waals surface area contributed by atoms with Gasteiger partial charge in [-0.3, -0.25) is 0 Å². The summed E-state index contributed by atoms with van der Waals surface area (Å²) in [7, 11) is 0. The number of nitrogens with one attached hydrogen (secondary N) is 3. The molecule has 5 rings (SSSR count). The minimum absolute atomic E-state index is 0.145. The number of likely N-dealkylation sites (tertiary alicyclic amines) is 1. The van der Waals surface area contributed by atoms with Gasteiger partial charge in [-0.15, -0.1) is 0 Å². The Hall–Kier alpha value is -3.83. The van der Waals surface area contributed by atoms with Crippen LogP contribution in [0.1, 0.15) is 56.1 Å². The molecule has 3 N–H and O–H groups in total. The van der Waals surface area contributed by atoms with Gasteiger partial charge in [-0.2, -0.15) is 0 Å². The lowest BCUT2D eigenvalue weighted by Gasteiger charge is -2.32. The maximum Gasteiger partial charge on any atom is 0.319 e. The number of nitrogens with zero attached hydrogens (tertiary/aromatic N) is 1. The average molecular weight is 521 g/mol. The van der Waals surface area contributed by atoms with Crippen LogP contribution in [0.5, 0.6) is 0 Å². The van der Waals surface area contributed by atoms with E-state index in [1.54, 1.807) is 0 Å². The second-order valence-corrected chi connectivity index (χ2v) is 10.8. The zero-order valence-corrected chi connectivity index (χ0v) is 23.1. The van der Waals surface area contributed by atoms with Crippen LogP contribution >= 0.6 is 0 Å². The predicted octanol–water partition coefficient (Wildman–Crippen LogP) is 7.24. The number of carbonyl (C=O) groups is 1. The summed E-state index contributed by atoms with van der Waals surface area (Å²) in [5, 5.41) is 9.37. The summed E-state index contributed by atoms with van der Waals surface area (Å²) in [5.41, 5.74) is 8.33. The number of amides is 2. The molecule has 0 atom stereocenters. The average Bonchev–Trinajstić information content (AvgIpc) is 2.96. The van der Waals surface area contributed by atoms with Crippen LogP contribution in [0.15, 0.2) is 102 Å². The highest BCUT2D eigenvalue weighted by molar-refractivity contribution is 5.89. The molecule has 2 amide bonds. The van der Waals surface area contributed by atoms with E-state index in [4.69, 9.17) is 0 Å². The monoisotopic (exact) mass is 520 g/mol. The molecule has 202 valence electrons. The summed E-state index contributed by atoms with van der Waals surface area (Å²) in [5.74, 6) is 0.835. The normalized spacial score (nSPS) is 16.7. The van der Waals surface area contributed by atoms with E-state index in [1.165, 1.54) is 35.1 Å². The Morgan fingerprint density at radius 2 is 1.54 bits per heavy atom. The standard InChI is InChI=1S/C34H40N4O/c1-25-21-32(22-26(2)36-25)31-13-7-14-33(24-31)37-34(39)35-17-8-18-38-19-15-28(16-20-38)30-12-6-11-29(23-30)27-9-4-3-5-10-27/h3-7,9-14,21-24,28,32,36H,8,15-20H2,1-2H3,(H2,35,37,39). The van der Waals surface area contributed by atoms with E-state index in [0.29, 0.717) is 12.5 Å². The quantitative estimate of drug-likeness (QED) is 0.275. The Kier molecular flexibility index (Phi) is 8.79. The van der Waals surface area contributed by atoms with Crippen molar-refractivity contribution in [1.82, 2.24) is 15.5 Å². The molecule has 2 heterocycles. The van der Waals surface area contributed by atoms with Gasteiger partial charge in [-0.1, -0.05) is 78.9 Å². The molecule has 0 saturated carbocycles. The van der Waals surface area contributed by atoms with Crippen molar-refractivity contribution in [3.05, 3.63) is 114 Å². The number of rotatable bonds is 8. The van der Waals surface area contributed by atoms with Gasteiger partial charge in [0.15, 0.2) is 0 Å². The van der Waals surface area contributed by atoms with Crippen LogP contribution in [0.3, 0.4) is 0 Å². The number of dihydropyridines is 1. The summed E-state index contributed by atoms with van der Waals surface area (Å²) in [6, 6.07) is 27.6. The van der Waals surface area contributed by atoms with E-state index in [9.17, 15) is 4.79 Å². The van der Waals surface area contributed by atoms with Crippen LogP contribution in [0.25, 0.3) is 11.1 Å². The molecule has 39 heavy (non-hydrogen) atoms. The van der Waals surface area contributed by atoms with Gasteiger partial charge in [0.2, 0.25) is 0 Å². The van der Waals surface area contributed by atoms with Crippen LogP contribution in [0.4, 0.5) is 10.5 Å². The van der Waals surface area contributed by atoms with Crippen molar-refractivity contribution >= 4 is 11.7 Å². The van der Waals surface area contributed by atoms with E-state index >= 15 is 0 Å². The van der Waals surface area contributed by atoms with Gasteiger partial charge in [0.05, 0.1) is 0 Å². The summed E-state index contributed by atoms with van der Waals surface area (Å²) < 4.78 is 0. The number of piperidine rings is 1. The minimum Gasteiger partial charge on any atom is -0.363 e. The molecule has 0 radical (unpaired) electrons. The molecular formula is C34H40N4O. The summed E-state index contributed by atoms with van der Waals surface area (Å²) in [6.45, 7) is 8.05. The predicted molar refractivity (Wildman–Crippen MR) is 162 cm³/mol. The van der Waals surface area contributed by atoms with Crippen molar-refractivity contribution in [2.24, 2.45) is 0 Å². The van der Waals surface area contributed by atoms with Gasteiger partial charge in [-0.05, 0) is 93.0 Å². The molecule has 1 saturated heterocycles. The maximum atomic E-state index is 12.5. The van der Waals surface area contributed by atoms with Crippen molar-refractivity contribution < 1.29 is 4.79 Å². The molecule has 0 aliphatic carbocycles. The lowest BCUT2D eigenvalue weighted by molar-refractivity contribution is 0.209. The van der Waals surface area contributed by atoms with Crippen LogP contribution in [0, 0.1) is 0 Å². The molecule has 3 aromatic rings. The molecule has 3 aromatic carbocycles. The molecule has 0 spiro atoms. The lowest BCUT2D eigenvalue weighted by Crippen LogP contribution is -2.36. The molecule has 5 heteroatoms. The van der Waals surface area contributed by atoms with Crippen molar-refractivity contribution in [2.45, 2.75) is 44.9 Å². The Balaban J connectivity index is 1.03. The summed E-state index contributed by atoms with van der Waals surface area (Å²) in [6.07, 6.45) is 7.73. The van der Waals surface area contributed by atoms with Gasteiger partial charge in [0.1, 0.15) is 0 Å². The number of anilines is 1. The SMILES string of the molecule is CC1=CC(c2cccc(NC(=O)NCCCN3CCC(c4cccc(-c5ccccc5)c4)CC3)c2)C=C(C)N1. The highest BCUT2D eigenvalue weighted by atomic mass is 16.2. The highest BCUT2D eigenvalue weighted by Gasteiger charge is 2.20. The van der Waals surface area contributed by atoms with Crippen LogP contribution in [0.2, 0.25) is 0 Å². The topological polar surface area (TPSA) is 56.4 Å². The third-order valence-corrected chi connectivity index (χ3v) is 7.77. The third-order valence-electron chi connectivity index (χ3n) is 7.77. The van der Waals surface area contributed by atoms with Crippen molar-refractivity contribution in [3.63, 3.8) is 0 Å². The Labute approximate surface area is 233 Å². The third kappa shape index (κ3) is 7.39. The largest absolute Gasteiger partial charge is 0.363 e. The summed E-state index contributed by atoms with van der Waals surface area (Å²) in [4.78, 5) is 15.0. The minimum atomic E-state index is -0.145. The number of hydrogen-bond donors (Lipinski definition) is 3. The first-order chi connectivity index (χ1) is 19.0. The second kappa shape index (κ2) is 12.8. The van der Waals surface area contributed by atoms with Crippen LogP contribution < -0.4 is 16.0 Å². The number of carbonyl (C=O) groups excluding carboxylic acids is 1. The van der Waals surface area contributed by atoms with Gasteiger partial charge in [0, 0.05) is 29.5 Å². The fourth-order valence-corrected chi connectivity index (χ4v) is 5.77. The van der Waals surface area contributed by atoms with E-state index < -0.39 is 0 Å². The smallest absolute Gasteiger partial charge is 0.319 e. The van der Waals surface area contributed by atoms with Crippen molar-refractivity contribution in [2.75, 3.05) is 31.5 Å². The second-order valence-electron chi connectivity index (χ2n) is 10.8. The van der Waals surface area contributed by atoms with Crippen molar-refractivity contribution in [3.8, 4) is 11.1 Å². The fraction of sp³-hybridized carbons (Fsp3) is 0.324. The first kappa shape index (κ1) is 26.8. The molecule has 0 bridgehead atoms. The number of hydrogen-bond acceptors (Lipinski definition) is 3. The van der Waals surface area contributed by atoms with Crippen molar-refractivity contribution in [1.29, 1.82) is 0 Å². The molecular weight excluding hydrogens is 480 g/mol. The van der Waals surface area contributed by atoms with Gasteiger partial charge in [-0.25, -0.2) is 4.79 Å². The molecule has 2 aliphatic heterocycles. The van der Waals surface area contributed by atoms with E-state index in [0.717, 1.165) is 43.1 Å². The number of allylic oxidation sites excluding steroid dienone is 4. The van der Waals surface area contributed by atoms with Crippen LogP contribution in [-0.2, 0) is 0 Å². The Morgan fingerprint density at radius 1 is 0.846 bits per heavy atom. The molecule has 1 fully saturated rings. The highest BCUT2D eigenvalue weighted by Crippen LogP contribution is 2.31. The zero-order valence-electron chi connectivity index (χ0n) is 23.1. The summed E-state index contributed by atoms with van der Waals surface area (Å²) >= 11 is 0. The molecule has 0 unspecified atom stereocenters. The van der Waals surface area contributed by atoms with Crippen LogP contribution in [-0.4, -0.2) is 37.1 Å². The van der Waals surface area contributed by atoms with Gasteiger partial charge >= 0.3 is 6.03 Å². The molecule has 5 nitrogen and oxygen atoms in total. The number of urea groups is 1. The van der Waals surface area contributed by atoms with Gasteiger partial charge < -0.3 is 20.9 Å². The van der Waals surface area contributed by atoms with E-state index in [1.807, 2.05) is 12.1 Å². The van der Waals surface area contributed by atoms with E-state index in [-0.39, 0.29) is 11.9 Å². The maximum absolute atomic E-state index is 12.5. The Morgan fingerprint density at radius 3 is 2.31 bits per heavy atom. The Bertz CT molecular complexity index is 1300. The number of benzene rings is 3. The first-order valence-corrected chi connectivity index (χ1v) is 14.2. The first-order valence-electron chi connectivity index (χ1n) is 14.2. The lowest BCUT2D eigenvalue weighted by atomic mass is 9.88. The van der Waals surface area contributed by atoms with Gasteiger partial charge in [0.25, 0.3) is 0 Å². The molecule has 2 aliphatic rings. The zero-order chi connectivity index (χ0) is 27.0. The van der Waals surface area contributed by atoms with E-state index in [2.05, 4.69) is 114 Å². The molecule has 0 aromatic heterocycles.